The molecule has 0 aliphatic rings. The maximum atomic E-state index is 12.2. The molecule has 0 spiro atoms. The van der Waals surface area contributed by atoms with Crippen LogP contribution in [0.1, 0.15) is 107 Å². The second-order valence-electron chi connectivity index (χ2n) is 8.80. The second kappa shape index (κ2) is 12.8. The van der Waals surface area contributed by atoms with Crippen LogP contribution in [-0.2, 0) is 4.79 Å². The minimum Gasteiger partial charge on any atom is -0.356 e. The lowest BCUT2D eigenvalue weighted by Gasteiger charge is -2.28. The van der Waals surface area contributed by atoms with Crippen molar-refractivity contribution in [3.05, 3.63) is 0 Å². The zero-order valence-corrected chi connectivity index (χ0v) is 17.6. The fourth-order valence-electron chi connectivity index (χ4n) is 2.27. The summed E-state index contributed by atoms with van der Waals surface area (Å²) in [6.07, 6.45) is 8.32. The molecule has 0 atom stereocenters. The number of hydrogen-bond acceptors (Lipinski definition) is 1. The summed E-state index contributed by atoms with van der Waals surface area (Å²) in [5, 5.41) is 3.12. The fourth-order valence-corrected chi connectivity index (χ4v) is 2.27. The number of rotatable bonds is 10. The Balaban J connectivity index is 0. The van der Waals surface area contributed by atoms with E-state index in [1.165, 1.54) is 25.7 Å². The molecule has 0 aromatic heterocycles. The van der Waals surface area contributed by atoms with Crippen molar-refractivity contribution in [2.75, 3.05) is 6.54 Å². The van der Waals surface area contributed by atoms with Crippen molar-refractivity contribution in [3.63, 3.8) is 0 Å². The van der Waals surface area contributed by atoms with Gasteiger partial charge in [0.25, 0.3) is 0 Å². The summed E-state index contributed by atoms with van der Waals surface area (Å²) in [7, 11) is 0. The molecule has 0 saturated heterocycles. The van der Waals surface area contributed by atoms with Crippen LogP contribution < -0.4 is 5.32 Å². The summed E-state index contributed by atoms with van der Waals surface area (Å²) >= 11 is 0. The van der Waals surface area contributed by atoms with Crippen molar-refractivity contribution in [1.29, 1.82) is 0 Å². The van der Waals surface area contributed by atoms with Crippen LogP contribution in [0.5, 0.6) is 0 Å². The van der Waals surface area contributed by atoms with E-state index in [1.54, 1.807) is 0 Å². The van der Waals surface area contributed by atoms with Crippen molar-refractivity contribution < 1.29 is 4.79 Å². The smallest absolute Gasteiger partial charge is 0.225 e. The number of carbonyl (C=O) groups excluding carboxylic acids is 1. The average Bonchev–Trinajstić information content (AvgIpc) is 2.45. The molecular formula is C21H45NO. The summed E-state index contributed by atoms with van der Waals surface area (Å²) in [5.41, 5.74) is 0.0545. The lowest BCUT2D eigenvalue weighted by atomic mass is 9.79. The molecule has 23 heavy (non-hydrogen) atoms. The van der Waals surface area contributed by atoms with Crippen LogP contribution in [-0.4, -0.2) is 12.5 Å². The van der Waals surface area contributed by atoms with Crippen LogP contribution in [0.15, 0.2) is 0 Å². The molecule has 0 rings (SSSR count). The zero-order valence-electron chi connectivity index (χ0n) is 17.6. The van der Waals surface area contributed by atoms with Gasteiger partial charge in [-0.2, -0.15) is 0 Å². The first-order chi connectivity index (χ1) is 10.5. The highest BCUT2D eigenvalue weighted by atomic mass is 16.2. The van der Waals surface area contributed by atoms with Crippen LogP contribution >= 0.6 is 0 Å². The van der Waals surface area contributed by atoms with Crippen molar-refractivity contribution in [3.8, 4) is 0 Å². The van der Waals surface area contributed by atoms with Crippen LogP contribution in [0.25, 0.3) is 0 Å². The van der Waals surface area contributed by atoms with Gasteiger partial charge >= 0.3 is 0 Å². The van der Waals surface area contributed by atoms with Gasteiger partial charge in [0.1, 0.15) is 0 Å². The Hall–Kier alpha value is -0.530. The molecule has 0 heterocycles. The van der Waals surface area contributed by atoms with Gasteiger partial charge in [0.15, 0.2) is 0 Å². The lowest BCUT2D eigenvalue weighted by Crippen LogP contribution is -2.38. The van der Waals surface area contributed by atoms with Gasteiger partial charge in [-0.3, -0.25) is 4.79 Å². The van der Waals surface area contributed by atoms with Gasteiger partial charge in [0.05, 0.1) is 0 Å². The molecule has 1 N–H and O–H groups in total. The van der Waals surface area contributed by atoms with Gasteiger partial charge in [0, 0.05) is 12.0 Å². The molecule has 0 unspecified atom stereocenters. The number of amides is 1. The number of nitrogens with one attached hydrogen (secondary N) is 1. The Labute approximate surface area is 147 Å². The minimum atomic E-state index is -0.245. The average molecular weight is 328 g/mol. The van der Waals surface area contributed by atoms with E-state index in [0.717, 1.165) is 31.7 Å². The van der Waals surface area contributed by atoms with E-state index in [0.29, 0.717) is 5.41 Å². The molecule has 1 amide bonds. The Morgan fingerprint density at radius 3 is 1.87 bits per heavy atom. The zero-order chi connectivity index (χ0) is 18.5. The molecule has 2 nitrogen and oxygen atoms in total. The first kappa shape index (κ1) is 24.7. The predicted octanol–water partition coefficient (Wildman–Crippen LogP) is 6.59. The summed E-state index contributed by atoms with van der Waals surface area (Å²) in [5.74, 6) is 1.03. The van der Waals surface area contributed by atoms with E-state index in [-0.39, 0.29) is 11.3 Å². The number of hydrogen-bond donors (Lipinski definition) is 1. The van der Waals surface area contributed by atoms with Gasteiger partial charge in [-0.25, -0.2) is 0 Å². The topological polar surface area (TPSA) is 29.1 Å². The van der Waals surface area contributed by atoms with Crippen LogP contribution in [0, 0.1) is 16.7 Å². The molecule has 0 saturated carbocycles. The third-order valence-electron chi connectivity index (χ3n) is 4.11. The number of carbonyl (C=O) groups is 1. The quantitative estimate of drug-likeness (QED) is 0.451. The van der Waals surface area contributed by atoms with E-state index in [2.05, 4.69) is 53.8 Å². The van der Waals surface area contributed by atoms with E-state index >= 15 is 0 Å². The van der Waals surface area contributed by atoms with Crippen LogP contribution in [0.4, 0.5) is 0 Å². The largest absolute Gasteiger partial charge is 0.356 e. The normalized spacial score (nSPS) is 11.9. The summed E-state index contributed by atoms with van der Waals surface area (Å²) in [6, 6.07) is 0. The molecule has 0 radical (unpaired) electrons. The fraction of sp³-hybridized carbons (Fsp3) is 0.952. The summed E-state index contributed by atoms with van der Waals surface area (Å²) in [4.78, 5) is 12.2. The lowest BCUT2D eigenvalue weighted by molar-refractivity contribution is -0.129. The van der Waals surface area contributed by atoms with E-state index in [9.17, 15) is 4.79 Å². The standard InChI is InChI=1S/C19H39NO.C2H6/c1-16(2)12-10-8-9-11-15-20-17(21)19(6,7)14-13-18(3,4)5;1-2/h16H,8-15H2,1-7H3,(H,20,21);1-2H3. The van der Waals surface area contributed by atoms with Gasteiger partial charge in [-0.05, 0) is 30.6 Å². The van der Waals surface area contributed by atoms with Crippen LogP contribution in [0.3, 0.4) is 0 Å². The molecule has 0 aromatic rings. The molecular weight excluding hydrogens is 282 g/mol. The van der Waals surface area contributed by atoms with E-state index in [1.807, 2.05) is 13.8 Å². The van der Waals surface area contributed by atoms with Crippen LogP contribution in [0.2, 0.25) is 0 Å². The summed E-state index contributed by atoms with van der Waals surface area (Å²) < 4.78 is 0. The first-order valence-electron chi connectivity index (χ1n) is 9.83. The molecule has 0 bridgehead atoms. The second-order valence-corrected chi connectivity index (χ2v) is 8.80. The molecule has 140 valence electrons. The minimum absolute atomic E-state index is 0.217. The SMILES string of the molecule is CC.CC(C)CCCCCCNC(=O)C(C)(C)CCC(C)(C)C. The monoisotopic (exact) mass is 327 g/mol. The maximum absolute atomic E-state index is 12.2. The molecule has 0 aliphatic carbocycles. The highest BCUT2D eigenvalue weighted by Crippen LogP contribution is 2.30. The highest BCUT2D eigenvalue weighted by Gasteiger charge is 2.28. The van der Waals surface area contributed by atoms with Crippen molar-refractivity contribution in [1.82, 2.24) is 5.32 Å². The summed E-state index contributed by atoms with van der Waals surface area (Å²) in [6.45, 7) is 20.2. The van der Waals surface area contributed by atoms with Gasteiger partial charge in [0.2, 0.25) is 5.91 Å². The van der Waals surface area contributed by atoms with Gasteiger partial charge in [-0.1, -0.05) is 88.0 Å². The Morgan fingerprint density at radius 2 is 1.39 bits per heavy atom. The highest BCUT2D eigenvalue weighted by molar-refractivity contribution is 5.81. The van der Waals surface area contributed by atoms with Gasteiger partial charge < -0.3 is 5.32 Å². The van der Waals surface area contributed by atoms with Crippen molar-refractivity contribution in [2.45, 2.75) is 107 Å². The van der Waals surface area contributed by atoms with E-state index in [4.69, 9.17) is 0 Å². The van der Waals surface area contributed by atoms with Crippen molar-refractivity contribution in [2.24, 2.45) is 16.7 Å². The molecule has 0 aliphatic heterocycles. The first-order valence-corrected chi connectivity index (χ1v) is 9.83. The molecule has 0 aromatic carbocycles. The molecule has 0 fully saturated rings. The molecule has 2 heteroatoms. The van der Waals surface area contributed by atoms with Gasteiger partial charge in [-0.15, -0.1) is 0 Å². The third-order valence-corrected chi connectivity index (χ3v) is 4.11. The Morgan fingerprint density at radius 1 is 0.870 bits per heavy atom. The Kier molecular flexibility index (Phi) is 13.8. The maximum Gasteiger partial charge on any atom is 0.225 e. The van der Waals surface area contributed by atoms with Crippen molar-refractivity contribution >= 4 is 5.91 Å². The number of unbranched alkanes of at least 4 members (excludes halogenated alkanes) is 3. The Bertz CT molecular complexity index is 287. The predicted molar refractivity (Wildman–Crippen MR) is 105 cm³/mol. The third kappa shape index (κ3) is 16.1. The van der Waals surface area contributed by atoms with E-state index < -0.39 is 0 Å².